The number of ether oxygens (including phenoxy) is 1. The van der Waals surface area contributed by atoms with E-state index in [9.17, 15) is 9.59 Å². The Kier molecular flexibility index (Phi) is 6.00. The number of rotatable bonds is 7. The van der Waals surface area contributed by atoms with Crippen molar-refractivity contribution in [1.29, 1.82) is 0 Å². The molecule has 2 N–H and O–H groups in total. The van der Waals surface area contributed by atoms with E-state index >= 15 is 0 Å². The number of nitrogens with one attached hydrogen (secondary N) is 1. The number of anilines is 1. The third-order valence-electron chi connectivity index (χ3n) is 5.09. The molecule has 164 valence electrons. The van der Waals surface area contributed by atoms with Crippen molar-refractivity contribution in [3.63, 3.8) is 0 Å². The van der Waals surface area contributed by atoms with E-state index in [1.165, 1.54) is 12.0 Å². The number of nitrogens with zero attached hydrogens (tertiary/aromatic N) is 3. The fourth-order valence-electron chi connectivity index (χ4n) is 3.35. The van der Waals surface area contributed by atoms with E-state index in [1.807, 2.05) is 31.2 Å². The van der Waals surface area contributed by atoms with Crippen LogP contribution < -0.4 is 5.32 Å². The van der Waals surface area contributed by atoms with Gasteiger partial charge in [0.1, 0.15) is 5.70 Å². The molecule has 1 amide bonds. The SMILES string of the molecule is COC(=O)C1=C(Nc2ccc(-c3nc(-c4ccc(C)cc4)no3)cc2)C(=O)N(CCO)C1. The average Bonchev–Trinajstić information content (AvgIpc) is 3.41. The van der Waals surface area contributed by atoms with Gasteiger partial charge in [0.2, 0.25) is 5.82 Å². The topological polar surface area (TPSA) is 118 Å². The standard InChI is InChI=1S/C23H22N4O5/c1-14-3-5-15(6-4-14)20-25-21(32-26-20)16-7-9-17(10-8-16)24-19-18(23(30)31-2)13-27(11-12-28)22(19)29/h3-10,24,28H,11-13H2,1-2H3. The third kappa shape index (κ3) is 4.23. The van der Waals surface area contributed by atoms with Gasteiger partial charge in [0.05, 0.1) is 25.8 Å². The Morgan fingerprint density at radius 3 is 2.50 bits per heavy atom. The Balaban J connectivity index is 1.53. The molecule has 1 aliphatic rings. The van der Waals surface area contributed by atoms with Gasteiger partial charge in [-0.1, -0.05) is 35.0 Å². The molecule has 32 heavy (non-hydrogen) atoms. The average molecular weight is 434 g/mol. The summed E-state index contributed by atoms with van der Waals surface area (Å²) in [6, 6.07) is 14.9. The van der Waals surface area contributed by atoms with E-state index in [0.29, 0.717) is 23.0 Å². The number of carbonyl (C=O) groups is 2. The molecular weight excluding hydrogens is 412 g/mol. The van der Waals surface area contributed by atoms with Gasteiger partial charge in [-0.25, -0.2) is 4.79 Å². The predicted octanol–water partition coefficient (Wildman–Crippen LogP) is 2.39. The first-order valence-electron chi connectivity index (χ1n) is 10.00. The molecule has 0 spiro atoms. The monoisotopic (exact) mass is 434 g/mol. The van der Waals surface area contributed by atoms with Gasteiger partial charge in [-0.15, -0.1) is 0 Å². The van der Waals surface area contributed by atoms with Crippen molar-refractivity contribution in [1.82, 2.24) is 15.0 Å². The predicted molar refractivity (Wildman–Crippen MR) is 116 cm³/mol. The molecule has 0 unspecified atom stereocenters. The first-order chi connectivity index (χ1) is 15.5. The molecule has 9 heteroatoms. The van der Waals surface area contributed by atoms with Gasteiger partial charge in [-0.2, -0.15) is 4.98 Å². The van der Waals surface area contributed by atoms with Crippen LogP contribution in [0, 0.1) is 6.92 Å². The second-order valence-electron chi connectivity index (χ2n) is 7.29. The molecule has 0 aliphatic carbocycles. The lowest BCUT2D eigenvalue weighted by atomic mass is 10.1. The van der Waals surface area contributed by atoms with E-state index in [-0.39, 0.29) is 36.9 Å². The van der Waals surface area contributed by atoms with E-state index in [1.54, 1.807) is 24.3 Å². The highest BCUT2D eigenvalue weighted by molar-refractivity contribution is 6.08. The van der Waals surface area contributed by atoms with Crippen molar-refractivity contribution < 1.29 is 24.0 Å². The number of hydrogen-bond donors (Lipinski definition) is 2. The Labute approximate surface area is 184 Å². The maximum atomic E-state index is 12.6. The van der Waals surface area contributed by atoms with E-state index in [0.717, 1.165) is 11.1 Å². The van der Waals surface area contributed by atoms with Crippen LogP contribution in [0.1, 0.15) is 5.56 Å². The zero-order valence-corrected chi connectivity index (χ0v) is 17.7. The Hall–Kier alpha value is -3.98. The van der Waals surface area contributed by atoms with Gasteiger partial charge < -0.3 is 24.6 Å². The second kappa shape index (κ2) is 9.03. The molecule has 0 bridgehead atoms. The molecule has 4 rings (SSSR count). The highest BCUT2D eigenvalue weighted by Gasteiger charge is 2.34. The van der Waals surface area contributed by atoms with Gasteiger partial charge in [0.15, 0.2) is 0 Å². The van der Waals surface area contributed by atoms with Crippen LogP contribution in [0.25, 0.3) is 22.8 Å². The molecule has 1 aromatic heterocycles. The van der Waals surface area contributed by atoms with Crippen LogP contribution in [0.5, 0.6) is 0 Å². The molecule has 0 saturated heterocycles. The zero-order valence-electron chi connectivity index (χ0n) is 17.7. The largest absolute Gasteiger partial charge is 0.466 e. The van der Waals surface area contributed by atoms with Crippen LogP contribution in [0.3, 0.4) is 0 Å². The van der Waals surface area contributed by atoms with Crippen LogP contribution in [-0.2, 0) is 14.3 Å². The number of aliphatic hydroxyl groups is 1. The number of hydrogen-bond acceptors (Lipinski definition) is 8. The van der Waals surface area contributed by atoms with Gasteiger partial charge in [-0.05, 0) is 31.2 Å². The minimum absolute atomic E-state index is 0.0796. The number of aromatic nitrogens is 2. The van der Waals surface area contributed by atoms with Crippen LogP contribution in [0.15, 0.2) is 64.3 Å². The molecule has 2 heterocycles. The number of aryl methyl sites for hydroxylation is 1. The van der Waals surface area contributed by atoms with Crippen LogP contribution in [0.4, 0.5) is 5.69 Å². The van der Waals surface area contributed by atoms with Crippen molar-refractivity contribution >= 4 is 17.6 Å². The summed E-state index contributed by atoms with van der Waals surface area (Å²) in [6.45, 7) is 2.02. The molecule has 3 aromatic rings. The summed E-state index contributed by atoms with van der Waals surface area (Å²) in [5.74, 6) is -0.0983. The number of carbonyl (C=O) groups excluding carboxylic acids is 2. The smallest absolute Gasteiger partial charge is 0.337 e. The number of benzene rings is 2. The first kappa shape index (κ1) is 21.3. The van der Waals surface area contributed by atoms with Crippen molar-refractivity contribution in [3.05, 3.63) is 65.4 Å². The number of aliphatic hydroxyl groups excluding tert-OH is 1. The summed E-state index contributed by atoms with van der Waals surface area (Å²) < 4.78 is 10.2. The molecule has 9 nitrogen and oxygen atoms in total. The van der Waals surface area contributed by atoms with Crippen LogP contribution in [0.2, 0.25) is 0 Å². The normalized spacial score (nSPS) is 13.6. The summed E-state index contributed by atoms with van der Waals surface area (Å²) in [4.78, 5) is 30.6. The maximum absolute atomic E-state index is 12.6. The van der Waals surface area contributed by atoms with E-state index in [2.05, 4.69) is 15.5 Å². The van der Waals surface area contributed by atoms with Crippen molar-refractivity contribution in [2.75, 3.05) is 32.1 Å². The Morgan fingerprint density at radius 1 is 1.16 bits per heavy atom. The number of β-amino-alcohol motifs (C(OH)–C–C–N with tert-alkyl or cyclic N) is 1. The summed E-state index contributed by atoms with van der Waals surface area (Å²) in [7, 11) is 1.26. The summed E-state index contributed by atoms with van der Waals surface area (Å²) in [6.07, 6.45) is 0. The molecule has 1 aliphatic heterocycles. The fourth-order valence-corrected chi connectivity index (χ4v) is 3.35. The summed E-state index contributed by atoms with van der Waals surface area (Å²) in [5.41, 5.74) is 3.67. The van der Waals surface area contributed by atoms with Gasteiger partial charge in [0, 0.05) is 23.4 Å². The number of amides is 1. The molecule has 0 saturated carbocycles. The van der Waals surface area contributed by atoms with Crippen molar-refractivity contribution in [3.8, 4) is 22.8 Å². The molecule has 0 atom stereocenters. The van der Waals surface area contributed by atoms with Gasteiger partial charge >= 0.3 is 5.97 Å². The number of esters is 1. The van der Waals surface area contributed by atoms with Crippen LogP contribution in [-0.4, -0.2) is 58.8 Å². The number of methoxy groups -OCH3 is 1. The van der Waals surface area contributed by atoms with E-state index in [4.69, 9.17) is 14.4 Å². The maximum Gasteiger partial charge on any atom is 0.337 e. The van der Waals surface area contributed by atoms with Crippen LogP contribution >= 0.6 is 0 Å². The molecule has 2 aromatic carbocycles. The minimum Gasteiger partial charge on any atom is -0.466 e. The quantitative estimate of drug-likeness (QED) is 0.544. The van der Waals surface area contributed by atoms with Crippen molar-refractivity contribution in [2.45, 2.75) is 6.92 Å². The third-order valence-corrected chi connectivity index (χ3v) is 5.09. The lowest BCUT2D eigenvalue weighted by Gasteiger charge is -2.15. The fraction of sp³-hybridized carbons (Fsp3) is 0.217. The molecule has 0 radical (unpaired) electrons. The van der Waals surface area contributed by atoms with Gasteiger partial charge in [0.25, 0.3) is 11.8 Å². The highest BCUT2D eigenvalue weighted by Crippen LogP contribution is 2.26. The Morgan fingerprint density at radius 2 is 1.84 bits per heavy atom. The Bertz CT molecular complexity index is 1170. The van der Waals surface area contributed by atoms with Gasteiger partial charge in [-0.3, -0.25) is 4.79 Å². The highest BCUT2D eigenvalue weighted by atomic mass is 16.5. The lowest BCUT2D eigenvalue weighted by molar-refractivity contribution is -0.136. The summed E-state index contributed by atoms with van der Waals surface area (Å²) in [5, 5.41) is 16.2. The first-order valence-corrected chi connectivity index (χ1v) is 10.00. The zero-order chi connectivity index (χ0) is 22.7. The molecular formula is C23H22N4O5. The lowest BCUT2D eigenvalue weighted by Crippen LogP contribution is -2.31. The second-order valence-corrected chi connectivity index (χ2v) is 7.29. The molecule has 0 fully saturated rings. The van der Waals surface area contributed by atoms with Crippen molar-refractivity contribution in [2.24, 2.45) is 0 Å². The minimum atomic E-state index is -0.590. The van der Waals surface area contributed by atoms with E-state index < -0.39 is 5.97 Å². The summed E-state index contributed by atoms with van der Waals surface area (Å²) >= 11 is 0.